The second-order valence-electron chi connectivity index (χ2n) is 5.63. The van der Waals surface area contributed by atoms with E-state index in [0.717, 1.165) is 28.4 Å². The lowest BCUT2D eigenvalue weighted by Gasteiger charge is -2.21. The number of aliphatic hydroxyl groups is 2. The van der Waals surface area contributed by atoms with Gasteiger partial charge in [0, 0.05) is 11.8 Å². The smallest absolute Gasteiger partial charge is 0.337 e. The minimum Gasteiger partial charge on any atom is -0.511 e. The third kappa shape index (κ3) is 2.57. The lowest BCUT2D eigenvalue weighted by molar-refractivity contribution is -0.150. The zero-order chi connectivity index (χ0) is 19.8. The van der Waals surface area contributed by atoms with Crippen molar-refractivity contribution in [1.82, 2.24) is 0 Å². The fourth-order valence-electron chi connectivity index (χ4n) is 3.60. The largest absolute Gasteiger partial charge is 0.511 e. The Balaban J connectivity index is 2.74. The van der Waals surface area contributed by atoms with Crippen LogP contribution in [0.1, 0.15) is 0 Å². The normalized spacial score (nSPS) is 27.1. The van der Waals surface area contributed by atoms with Gasteiger partial charge in [0.05, 0.1) is 39.6 Å². The van der Waals surface area contributed by atoms with Crippen molar-refractivity contribution >= 4 is 23.9 Å². The van der Waals surface area contributed by atoms with Crippen molar-refractivity contribution in [3.05, 3.63) is 22.7 Å². The highest BCUT2D eigenvalue weighted by atomic mass is 16.5. The van der Waals surface area contributed by atoms with E-state index < -0.39 is 70.2 Å². The summed E-state index contributed by atoms with van der Waals surface area (Å²) >= 11 is 0. The lowest BCUT2D eigenvalue weighted by atomic mass is 9.81. The quantitative estimate of drug-likeness (QED) is 0.503. The molecule has 0 heterocycles. The summed E-state index contributed by atoms with van der Waals surface area (Å²) in [7, 11) is 4.18. The lowest BCUT2D eigenvalue weighted by Crippen LogP contribution is -2.32. The first kappa shape index (κ1) is 19.3. The summed E-state index contributed by atoms with van der Waals surface area (Å²) in [5, 5.41) is 20.9. The molecular weight excluding hydrogens is 352 g/mol. The van der Waals surface area contributed by atoms with Crippen molar-refractivity contribution in [3.8, 4) is 0 Å². The fraction of sp³-hybridized carbons (Fsp3) is 0.500. The van der Waals surface area contributed by atoms with Gasteiger partial charge in [-0.25, -0.2) is 9.59 Å². The summed E-state index contributed by atoms with van der Waals surface area (Å²) in [6, 6.07) is 0. The summed E-state index contributed by atoms with van der Waals surface area (Å²) in [6.07, 6.45) is 0. The molecule has 10 nitrogen and oxygen atoms in total. The minimum atomic E-state index is -1.50. The molecule has 2 aliphatic carbocycles. The summed E-state index contributed by atoms with van der Waals surface area (Å²) < 4.78 is 18.5. The number of hydrogen-bond acceptors (Lipinski definition) is 10. The predicted octanol–water partition coefficient (Wildman–Crippen LogP) is -0.205. The molecule has 0 fully saturated rings. The average molecular weight is 370 g/mol. The third-order valence-electron chi connectivity index (χ3n) is 4.63. The van der Waals surface area contributed by atoms with E-state index in [0.29, 0.717) is 0 Å². The van der Waals surface area contributed by atoms with Gasteiger partial charge in [0.25, 0.3) is 0 Å². The first-order chi connectivity index (χ1) is 12.3. The van der Waals surface area contributed by atoms with E-state index >= 15 is 0 Å². The number of rotatable bonds is 4. The van der Waals surface area contributed by atoms with Gasteiger partial charge in [0.1, 0.15) is 23.4 Å². The van der Waals surface area contributed by atoms with Crippen LogP contribution in [-0.4, -0.2) is 62.5 Å². The molecule has 0 saturated carbocycles. The first-order valence-electron chi connectivity index (χ1n) is 7.45. The van der Waals surface area contributed by atoms with E-state index in [1.165, 1.54) is 0 Å². The number of fused-ring (bicyclic) bond motifs is 1. The number of carbonyl (C=O) groups excluding carboxylic acids is 4. The average Bonchev–Trinajstić information content (AvgIpc) is 3.08. The van der Waals surface area contributed by atoms with Crippen molar-refractivity contribution in [3.63, 3.8) is 0 Å². The van der Waals surface area contributed by atoms with Gasteiger partial charge >= 0.3 is 23.9 Å². The Morgan fingerprint density at radius 1 is 0.654 bits per heavy atom. The zero-order valence-electron chi connectivity index (χ0n) is 14.5. The molecule has 0 unspecified atom stereocenters. The molecule has 0 aliphatic heterocycles. The van der Waals surface area contributed by atoms with Crippen LogP contribution < -0.4 is 0 Å². The highest BCUT2D eigenvalue weighted by Gasteiger charge is 2.63. The minimum absolute atomic E-state index is 0.409. The Labute approximate surface area is 148 Å². The summed E-state index contributed by atoms with van der Waals surface area (Å²) in [5.74, 6) is -10.8. The maximum Gasteiger partial charge on any atom is 0.337 e. The van der Waals surface area contributed by atoms with E-state index in [1.807, 2.05) is 0 Å². The van der Waals surface area contributed by atoms with Gasteiger partial charge in [-0.15, -0.1) is 0 Å². The van der Waals surface area contributed by atoms with Gasteiger partial charge in [0.15, 0.2) is 0 Å². The molecular formula is C16H18O10. The molecule has 0 spiro atoms. The number of ether oxygens (including phenoxy) is 4. The van der Waals surface area contributed by atoms with Crippen LogP contribution in [0.2, 0.25) is 0 Å². The third-order valence-corrected chi connectivity index (χ3v) is 4.63. The van der Waals surface area contributed by atoms with Crippen LogP contribution in [0.15, 0.2) is 22.7 Å². The molecule has 2 rings (SSSR count). The Morgan fingerprint density at radius 3 is 1.19 bits per heavy atom. The molecule has 2 N–H and O–H groups in total. The van der Waals surface area contributed by atoms with Gasteiger partial charge in [-0.1, -0.05) is 0 Å². The van der Waals surface area contributed by atoms with Crippen molar-refractivity contribution in [1.29, 1.82) is 0 Å². The molecule has 0 saturated heterocycles. The number of carbonyl (C=O) groups is 4. The highest BCUT2D eigenvalue weighted by molar-refractivity contribution is 6.00. The van der Waals surface area contributed by atoms with Crippen molar-refractivity contribution in [2.24, 2.45) is 23.7 Å². The maximum absolute atomic E-state index is 12.2. The van der Waals surface area contributed by atoms with Crippen LogP contribution >= 0.6 is 0 Å². The SMILES string of the molecule is COC(=O)C1=C(O)[C@@H](C(=O)OC)[C@@H]2C(C(=O)OC)=C(O)[C@@H](C(=O)OC)[C@@H]12. The van der Waals surface area contributed by atoms with Crippen LogP contribution in [0.5, 0.6) is 0 Å². The Bertz CT molecular complexity index is 669. The molecule has 142 valence electrons. The molecule has 10 heteroatoms. The van der Waals surface area contributed by atoms with Gasteiger partial charge < -0.3 is 29.2 Å². The van der Waals surface area contributed by atoms with Crippen LogP contribution in [0.3, 0.4) is 0 Å². The number of aliphatic hydroxyl groups excluding tert-OH is 2. The summed E-state index contributed by atoms with van der Waals surface area (Å²) in [5.41, 5.74) is -0.817. The van der Waals surface area contributed by atoms with Gasteiger partial charge in [-0.3, -0.25) is 9.59 Å². The molecule has 0 aromatic carbocycles. The van der Waals surface area contributed by atoms with Crippen LogP contribution in [0, 0.1) is 23.7 Å². The second kappa shape index (κ2) is 7.06. The first-order valence-corrected chi connectivity index (χ1v) is 7.45. The Kier molecular flexibility index (Phi) is 5.24. The molecule has 0 radical (unpaired) electrons. The Hall–Kier alpha value is -3.04. The molecule has 0 amide bonds. The molecule has 4 atom stereocenters. The fourth-order valence-corrected chi connectivity index (χ4v) is 3.60. The number of hydrogen-bond donors (Lipinski definition) is 2. The van der Waals surface area contributed by atoms with Crippen molar-refractivity contribution < 1.29 is 48.3 Å². The Morgan fingerprint density at radius 2 is 0.962 bits per heavy atom. The van der Waals surface area contributed by atoms with Crippen molar-refractivity contribution in [2.45, 2.75) is 0 Å². The van der Waals surface area contributed by atoms with E-state index in [9.17, 15) is 29.4 Å². The zero-order valence-corrected chi connectivity index (χ0v) is 14.5. The number of methoxy groups -OCH3 is 4. The number of esters is 4. The van der Waals surface area contributed by atoms with E-state index in [4.69, 9.17) is 0 Å². The van der Waals surface area contributed by atoms with Crippen LogP contribution in [-0.2, 0) is 38.1 Å². The molecule has 0 bridgehead atoms. The molecule has 0 aromatic rings. The van der Waals surface area contributed by atoms with Crippen molar-refractivity contribution in [2.75, 3.05) is 28.4 Å². The summed E-state index contributed by atoms with van der Waals surface area (Å²) in [4.78, 5) is 48.7. The second-order valence-corrected chi connectivity index (χ2v) is 5.63. The van der Waals surface area contributed by atoms with E-state index in [2.05, 4.69) is 18.9 Å². The predicted molar refractivity (Wildman–Crippen MR) is 81.3 cm³/mol. The molecule has 2 aliphatic rings. The summed E-state index contributed by atoms with van der Waals surface area (Å²) in [6.45, 7) is 0. The van der Waals surface area contributed by atoms with Crippen LogP contribution in [0.4, 0.5) is 0 Å². The van der Waals surface area contributed by atoms with Gasteiger partial charge in [-0.2, -0.15) is 0 Å². The van der Waals surface area contributed by atoms with E-state index in [-0.39, 0.29) is 0 Å². The van der Waals surface area contributed by atoms with E-state index in [1.54, 1.807) is 0 Å². The topological polar surface area (TPSA) is 146 Å². The molecule has 26 heavy (non-hydrogen) atoms. The standard InChI is InChI=1S/C16H18O10/c1-23-13(19)7-5-6(9(11(7)17)15(21)25-3)10(16(22)26-4)12(18)8(5)14(20)24-2/h5-7,10,17-18H,1-4H3/t5-,6-,7-,10-/m0/s1. The molecule has 0 aromatic heterocycles. The van der Waals surface area contributed by atoms with Gasteiger partial charge in [0.2, 0.25) is 0 Å². The van der Waals surface area contributed by atoms with Gasteiger partial charge in [-0.05, 0) is 0 Å². The maximum atomic E-state index is 12.2. The monoisotopic (exact) mass is 370 g/mol. The van der Waals surface area contributed by atoms with Crippen LogP contribution in [0.25, 0.3) is 0 Å². The highest BCUT2D eigenvalue weighted by Crippen LogP contribution is 2.56.